The minimum Gasteiger partial charge on any atom is -0.444 e. The molecule has 0 bridgehead atoms. The maximum Gasteiger partial charge on any atom is 0.410 e. The second-order valence-electron chi connectivity index (χ2n) is 6.68. The number of carbonyl (C=O) groups excluding carboxylic acids is 1. The van der Waals surface area contributed by atoms with Crippen LogP contribution < -0.4 is 5.32 Å². The predicted octanol–water partition coefficient (Wildman–Crippen LogP) is 2.97. The van der Waals surface area contributed by atoms with Crippen molar-refractivity contribution in [1.29, 1.82) is 0 Å². The van der Waals surface area contributed by atoms with Gasteiger partial charge in [-0.25, -0.2) is 4.79 Å². The molecule has 20 heavy (non-hydrogen) atoms. The fourth-order valence-corrected chi connectivity index (χ4v) is 2.94. The zero-order valence-corrected chi connectivity index (χ0v) is 14.4. The highest BCUT2D eigenvalue weighted by Gasteiger charge is 2.26. The average molecular weight is 302 g/mol. The quantitative estimate of drug-likeness (QED) is 0.848. The molecule has 0 saturated carbocycles. The van der Waals surface area contributed by atoms with Crippen molar-refractivity contribution in [3.63, 3.8) is 0 Å². The van der Waals surface area contributed by atoms with Gasteiger partial charge in [0.05, 0.1) is 0 Å². The molecule has 4 nitrogen and oxygen atoms in total. The van der Waals surface area contributed by atoms with E-state index >= 15 is 0 Å². The van der Waals surface area contributed by atoms with E-state index in [0.29, 0.717) is 12.0 Å². The van der Waals surface area contributed by atoms with E-state index in [1.807, 2.05) is 37.4 Å². The van der Waals surface area contributed by atoms with Gasteiger partial charge in [-0.15, -0.1) is 0 Å². The Morgan fingerprint density at radius 1 is 1.40 bits per heavy atom. The van der Waals surface area contributed by atoms with Crippen LogP contribution in [0.5, 0.6) is 0 Å². The number of likely N-dealkylation sites (tertiary alicyclic amines) is 1. The van der Waals surface area contributed by atoms with E-state index in [2.05, 4.69) is 18.5 Å². The monoisotopic (exact) mass is 302 g/mol. The van der Waals surface area contributed by atoms with Crippen molar-refractivity contribution in [3.8, 4) is 0 Å². The molecule has 0 aliphatic carbocycles. The molecule has 1 saturated heterocycles. The summed E-state index contributed by atoms with van der Waals surface area (Å²) in [7, 11) is 0. The lowest BCUT2D eigenvalue weighted by Gasteiger charge is -2.33. The maximum absolute atomic E-state index is 12.0. The molecule has 1 unspecified atom stereocenters. The second kappa shape index (κ2) is 8.13. The average Bonchev–Trinajstić information content (AvgIpc) is 2.35. The second-order valence-corrected chi connectivity index (χ2v) is 7.59. The summed E-state index contributed by atoms with van der Waals surface area (Å²) in [4.78, 5) is 13.8. The summed E-state index contributed by atoms with van der Waals surface area (Å²) < 4.78 is 5.41. The van der Waals surface area contributed by atoms with E-state index in [4.69, 9.17) is 4.74 Å². The maximum atomic E-state index is 12.0. The normalized spacial score (nSPS) is 18.9. The van der Waals surface area contributed by atoms with Crippen LogP contribution in [0.4, 0.5) is 4.79 Å². The zero-order valence-electron chi connectivity index (χ0n) is 13.6. The standard InChI is InChI=1S/C15H30N2O2S/c1-12(11-20-5)16-10-13-6-8-17(9-7-13)14(18)19-15(2,3)4/h12-13,16H,6-11H2,1-5H3. The van der Waals surface area contributed by atoms with Crippen molar-refractivity contribution in [2.75, 3.05) is 31.6 Å². The lowest BCUT2D eigenvalue weighted by Crippen LogP contribution is -2.44. The molecule has 1 aliphatic rings. The van der Waals surface area contributed by atoms with Gasteiger partial charge in [0.2, 0.25) is 0 Å². The highest BCUT2D eigenvalue weighted by molar-refractivity contribution is 7.98. The van der Waals surface area contributed by atoms with Gasteiger partial charge in [-0.2, -0.15) is 11.8 Å². The molecule has 1 amide bonds. The summed E-state index contributed by atoms with van der Waals surface area (Å²) in [6, 6.07) is 0.564. The Hall–Kier alpha value is -0.420. The van der Waals surface area contributed by atoms with Gasteiger partial charge in [-0.1, -0.05) is 0 Å². The SMILES string of the molecule is CSCC(C)NCC1CCN(C(=O)OC(C)(C)C)CC1. The first kappa shape index (κ1) is 17.6. The van der Waals surface area contributed by atoms with Crippen molar-refractivity contribution in [3.05, 3.63) is 0 Å². The van der Waals surface area contributed by atoms with Crippen LogP contribution >= 0.6 is 11.8 Å². The Kier molecular flexibility index (Phi) is 7.17. The fraction of sp³-hybridized carbons (Fsp3) is 0.933. The molecule has 1 aliphatic heterocycles. The predicted molar refractivity (Wildman–Crippen MR) is 86.4 cm³/mol. The number of rotatable bonds is 5. The van der Waals surface area contributed by atoms with Crippen LogP contribution in [0, 0.1) is 5.92 Å². The van der Waals surface area contributed by atoms with Crippen LogP contribution in [0.3, 0.4) is 0 Å². The number of nitrogens with one attached hydrogen (secondary N) is 1. The van der Waals surface area contributed by atoms with E-state index in [0.717, 1.165) is 38.2 Å². The Labute approximate surface area is 128 Å². The molecule has 118 valence electrons. The topological polar surface area (TPSA) is 41.6 Å². The number of thioether (sulfide) groups is 1. The molecule has 0 aromatic heterocycles. The van der Waals surface area contributed by atoms with Gasteiger partial charge in [0.1, 0.15) is 5.60 Å². The molecular formula is C15H30N2O2S. The molecule has 1 heterocycles. The summed E-state index contributed by atoms with van der Waals surface area (Å²) in [5.74, 6) is 1.83. The van der Waals surface area contributed by atoms with E-state index in [1.54, 1.807) is 0 Å². The molecule has 1 N–H and O–H groups in total. The number of carbonyl (C=O) groups is 1. The number of piperidine rings is 1. The summed E-state index contributed by atoms with van der Waals surface area (Å²) in [5.41, 5.74) is -0.400. The summed E-state index contributed by atoms with van der Waals surface area (Å²) in [6.07, 6.45) is 4.10. The third-order valence-electron chi connectivity index (χ3n) is 3.44. The number of hydrogen-bond donors (Lipinski definition) is 1. The Morgan fingerprint density at radius 3 is 2.50 bits per heavy atom. The number of nitrogens with zero attached hydrogens (tertiary/aromatic N) is 1. The Balaban J connectivity index is 2.24. The molecule has 1 rings (SSSR count). The van der Waals surface area contributed by atoms with Crippen LogP contribution in [0.1, 0.15) is 40.5 Å². The first-order chi connectivity index (χ1) is 9.31. The van der Waals surface area contributed by atoms with Crippen molar-refractivity contribution >= 4 is 17.9 Å². The summed E-state index contributed by atoms with van der Waals surface area (Å²) in [5, 5.41) is 3.58. The smallest absolute Gasteiger partial charge is 0.410 e. The molecule has 0 spiro atoms. The minimum absolute atomic E-state index is 0.167. The van der Waals surface area contributed by atoms with Gasteiger partial charge in [0, 0.05) is 24.9 Å². The molecular weight excluding hydrogens is 272 g/mol. The van der Waals surface area contributed by atoms with Crippen LogP contribution in [0.15, 0.2) is 0 Å². The molecule has 1 fully saturated rings. The van der Waals surface area contributed by atoms with Gasteiger partial charge < -0.3 is 15.0 Å². The minimum atomic E-state index is -0.400. The zero-order chi connectivity index (χ0) is 15.2. The third kappa shape index (κ3) is 6.84. The van der Waals surface area contributed by atoms with Gasteiger partial charge in [-0.3, -0.25) is 0 Å². The highest BCUT2D eigenvalue weighted by atomic mass is 32.2. The van der Waals surface area contributed by atoms with E-state index < -0.39 is 5.60 Å². The Morgan fingerprint density at radius 2 is 2.00 bits per heavy atom. The first-order valence-electron chi connectivity index (χ1n) is 7.52. The summed E-state index contributed by atoms with van der Waals surface area (Å²) in [6.45, 7) is 10.7. The van der Waals surface area contributed by atoms with E-state index in [1.165, 1.54) is 0 Å². The molecule has 1 atom stereocenters. The Bertz CT molecular complexity index is 297. The molecule has 0 radical (unpaired) electrons. The lowest BCUT2D eigenvalue weighted by molar-refractivity contribution is 0.0183. The van der Waals surface area contributed by atoms with Gasteiger partial charge in [0.15, 0.2) is 0 Å². The van der Waals surface area contributed by atoms with Crippen LogP contribution in [0.2, 0.25) is 0 Å². The van der Waals surface area contributed by atoms with Crippen LogP contribution in [0.25, 0.3) is 0 Å². The summed E-state index contributed by atoms with van der Waals surface area (Å²) >= 11 is 1.87. The number of amides is 1. The lowest BCUT2D eigenvalue weighted by atomic mass is 9.97. The largest absolute Gasteiger partial charge is 0.444 e. The van der Waals surface area contributed by atoms with Crippen LogP contribution in [-0.2, 0) is 4.74 Å². The number of hydrogen-bond acceptors (Lipinski definition) is 4. The highest BCUT2D eigenvalue weighted by Crippen LogP contribution is 2.19. The van der Waals surface area contributed by atoms with Crippen molar-refractivity contribution in [2.45, 2.75) is 52.2 Å². The fourth-order valence-electron chi connectivity index (χ4n) is 2.32. The van der Waals surface area contributed by atoms with Crippen LogP contribution in [-0.4, -0.2) is 54.3 Å². The first-order valence-corrected chi connectivity index (χ1v) is 8.91. The van der Waals surface area contributed by atoms with Gasteiger partial charge >= 0.3 is 6.09 Å². The van der Waals surface area contributed by atoms with Crippen molar-refractivity contribution < 1.29 is 9.53 Å². The van der Waals surface area contributed by atoms with E-state index in [-0.39, 0.29) is 6.09 Å². The number of ether oxygens (including phenoxy) is 1. The van der Waals surface area contributed by atoms with Gasteiger partial charge in [0.25, 0.3) is 0 Å². The molecule has 0 aromatic rings. The van der Waals surface area contributed by atoms with Gasteiger partial charge in [-0.05, 0) is 59.3 Å². The van der Waals surface area contributed by atoms with E-state index in [9.17, 15) is 4.79 Å². The molecule has 5 heteroatoms. The van der Waals surface area contributed by atoms with Crippen molar-refractivity contribution in [2.24, 2.45) is 5.92 Å². The molecule has 0 aromatic carbocycles. The third-order valence-corrected chi connectivity index (χ3v) is 4.27. The van der Waals surface area contributed by atoms with Crippen molar-refractivity contribution in [1.82, 2.24) is 10.2 Å².